The molecule has 1 saturated heterocycles. The van der Waals surface area contributed by atoms with Crippen molar-refractivity contribution < 1.29 is 4.74 Å². The Morgan fingerprint density at radius 3 is 2.89 bits per heavy atom. The molecule has 2 rings (SSSR count). The maximum absolute atomic E-state index is 5.51. The van der Waals surface area contributed by atoms with Gasteiger partial charge in [-0.1, -0.05) is 6.92 Å². The highest BCUT2D eigenvalue weighted by Gasteiger charge is 2.26. The maximum Gasteiger partial charge on any atom is 0.221 e. The summed E-state index contributed by atoms with van der Waals surface area (Å²) in [6.45, 7) is 7.18. The van der Waals surface area contributed by atoms with E-state index >= 15 is 0 Å². The van der Waals surface area contributed by atoms with Crippen molar-refractivity contribution in [2.45, 2.75) is 32.7 Å². The molecule has 1 aromatic rings. The largest absolute Gasteiger partial charge is 0.481 e. The number of rotatable bonds is 3. The first kappa shape index (κ1) is 14.2. The Morgan fingerprint density at radius 1 is 1.42 bits per heavy atom. The van der Waals surface area contributed by atoms with E-state index < -0.39 is 0 Å². The number of ether oxygens (including phenoxy) is 1. The standard InChI is InChI=1S/C14H24N4O/c1-5-12-16-10(2)13(14(17-12)19-4)11-9-15-7-6-8-18(11)3/h11,15H,5-9H2,1-4H3. The van der Waals surface area contributed by atoms with Crippen LogP contribution in [0.2, 0.25) is 0 Å². The van der Waals surface area contributed by atoms with Gasteiger partial charge in [-0.15, -0.1) is 0 Å². The molecule has 2 heterocycles. The summed E-state index contributed by atoms with van der Waals surface area (Å²) >= 11 is 0. The van der Waals surface area contributed by atoms with Crippen LogP contribution in [0.5, 0.6) is 5.88 Å². The molecule has 5 heteroatoms. The molecule has 1 unspecified atom stereocenters. The van der Waals surface area contributed by atoms with Crippen LogP contribution < -0.4 is 10.1 Å². The van der Waals surface area contributed by atoms with Crippen molar-refractivity contribution in [3.8, 4) is 5.88 Å². The van der Waals surface area contributed by atoms with Crippen LogP contribution in [0.25, 0.3) is 0 Å². The van der Waals surface area contributed by atoms with Crippen LogP contribution in [0, 0.1) is 6.92 Å². The monoisotopic (exact) mass is 264 g/mol. The van der Waals surface area contributed by atoms with Crippen molar-refractivity contribution in [3.63, 3.8) is 0 Å². The molecular weight excluding hydrogens is 240 g/mol. The molecule has 1 aromatic heterocycles. The van der Waals surface area contributed by atoms with Crippen molar-refractivity contribution in [2.75, 3.05) is 33.8 Å². The summed E-state index contributed by atoms with van der Waals surface area (Å²) in [7, 11) is 3.85. The minimum absolute atomic E-state index is 0.281. The van der Waals surface area contributed by atoms with Gasteiger partial charge in [-0.25, -0.2) is 4.98 Å². The van der Waals surface area contributed by atoms with Crippen molar-refractivity contribution >= 4 is 0 Å². The molecule has 19 heavy (non-hydrogen) atoms. The quantitative estimate of drug-likeness (QED) is 0.892. The summed E-state index contributed by atoms with van der Waals surface area (Å²) in [5, 5.41) is 3.48. The fraction of sp³-hybridized carbons (Fsp3) is 0.714. The van der Waals surface area contributed by atoms with E-state index in [4.69, 9.17) is 4.74 Å². The Labute approximate surface area is 115 Å². The first-order valence-corrected chi connectivity index (χ1v) is 6.99. The highest BCUT2D eigenvalue weighted by atomic mass is 16.5. The maximum atomic E-state index is 5.51. The van der Waals surface area contributed by atoms with Gasteiger partial charge < -0.3 is 10.1 Å². The van der Waals surface area contributed by atoms with Crippen molar-refractivity contribution in [3.05, 3.63) is 17.1 Å². The summed E-state index contributed by atoms with van der Waals surface area (Å²) in [4.78, 5) is 11.5. The van der Waals surface area contributed by atoms with Gasteiger partial charge in [-0.05, 0) is 33.5 Å². The molecule has 0 amide bonds. The molecule has 1 fully saturated rings. The van der Waals surface area contributed by atoms with E-state index in [1.54, 1.807) is 7.11 Å². The third kappa shape index (κ3) is 3.04. The van der Waals surface area contributed by atoms with Crippen LogP contribution in [-0.4, -0.2) is 48.7 Å². The van der Waals surface area contributed by atoms with Crippen LogP contribution in [0.1, 0.15) is 36.5 Å². The predicted molar refractivity (Wildman–Crippen MR) is 75.6 cm³/mol. The van der Waals surface area contributed by atoms with E-state index in [0.717, 1.165) is 49.0 Å². The number of likely N-dealkylation sites (N-methyl/N-ethyl adjacent to an activating group) is 1. The normalized spacial score (nSPS) is 21.2. The second kappa shape index (κ2) is 6.30. The Morgan fingerprint density at radius 2 is 2.21 bits per heavy atom. The number of methoxy groups -OCH3 is 1. The van der Waals surface area contributed by atoms with E-state index in [-0.39, 0.29) is 6.04 Å². The fourth-order valence-electron chi connectivity index (χ4n) is 2.63. The van der Waals surface area contributed by atoms with E-state index in [2.05, 4.69) is 41.1 Å². The van der Waals surface area contributed by atoms with E-state index in [9.17, 15) is 0 Å². The molecule has 0 aliphatic carbocycles. The topological polar surface area (TPSA) is 50.3 Å². The minimum Gasteiger partial charge on any atom is -0.481 e. The lowest BCUT2D eigenvalue weighted by atomic mass is 10.1. The summed E-state index contributed by atoms with van der Waals surface area (Å²) in [5.41, 5.74) is 2.15. The molecule has 106 valence electrons. The Balaban J connectivity index is 2.41. The molecule has 1 aliphatic heterocycles. The van der Waals surface area contributed by atoms with Crippen molar-refractivity contribution in [2.24, 2.45) is 0 Å². The van der Waals surface area contributed by atoms with Gasteiger partial charge >= 0.3 is 0 Å². The average molecular weight is 264 g/mol. The minimum atomic E-state index is 0.281. The number of aryl methyl sites for hydroxylation is 2. The zero-order valence-electron chi connectivity index (χ0n) is 12.4. The third-order valence-electron chi connectivity index (χ3n) is 3.72. The highest BCUT2D eigenvalue weighted by Crippen LogP contribution is 2.30. The van der Waals surface area contributed by atoms with Gasteiger partial charge in [0.2, 0.25) is 5.88 Å². The van der Waals surface area contributed by atoms with Gasteiger partial charge in [0.25, 0.3) is 0 Å². The zero-order chi connectivity index (χ0) is 13.8. The number of nitrogens with zero attached hydrogens (tertiary/aromatic N) is 3. The average Bonchev–Trinajstić information content (AvgIpc) is 2.62. The first-order chi connectivity index (χ1) is 9.17. The van der Waals surface area contributed by atoms with Gasteiger partial charge in [0.15, 0.2) is 0 Å². The second-order valence-electron chi connectivity index (χ2n) is 5.06. The van der Waals surface area contributed by atoms with Crippen molar-refractivity contribution in [1.29, 1.82) is 0 Å². The summed E-state index contributed by atoms with van der Waals surface area (Å²) in [6, 6.07) is 0.281. The SMILES string of the molecule is CCc1nc(C)c(C2CNCCCN2C)c(OC)n1. The fourth-order valence-corrected chi connectivity index (χ4v) is 2.63. The number of hydrogen-bond acceptors (Lipinski definition) is 5. The second-order valence-corrected chi connectivity index (χ2v) is 5.06. The highest BCUT2D eigenvalue weighted by molar-refractivity contribution is 5.34. The molecule has 0 radical (unpaired) electrons. The molecule has 5 nitrogen and oxygen atoms in total. The van der Waals surface area contributed by atoms with E-state index in [0.29, 0.717) is 0 Å². The van der Waals surface area contributed by atoms with Crippen LogP contribution >= 0.6 is 0 Å². The lowest BCUT2D eigenvalue weighted by Crippen LogP contribution is -2.31. The number of nitrogens with one attached hydrogen (secondary N) is 1. The molecule has 0 saturated carbocycles. The predicted octanol–water partition coefficient (Wildman–Crippen LogP) is 1.32. The molecule has 0 spiro atoms. The third-order valence-corrected chi connectivity index (χ3v) is 3.72. The zero-order valence-corrected chi connectivity index (χ0v) is 12.4. The molecule has 1 atom stereocenters. The molecule has 1 N–H and O–H groups in total. The Hall–Kier alpha value is -1.20. The summed E-state index contributed by atoms with van der Waals surface area (Å²) in [5.74, 6) is 1.58. The summed E-state index contributed by atoms with van der Waals surface area (Å²) in [6.07, 6.45) is 2.00. The number of aromatic nitrogens is 2. The van der Waals surface area contributed by atoms with E-state index in [1.807, 2.05) is 0 Å². The van der Waals surface area contributed by atoms with Crippen LogP contribution in [0.15, 0.2) is 0 Å². The van der Waals surface area contributed by atoms with Gasteiger partial charge in [0, 0.05) is 18.7 Å². The Kier molecular flexibility index (Phi) is 4.71. The van der Waals surface area contributed by atoms with Crippen LogP contribution in [0.3, 0.4) is 0 Å². The summed E-state index contributed by atoms with van der Waals surface area (Å²) < 4.78 is 5.51. The molecule has 1 aliphatic rings. The van der Waals surface area contributed by atoms with Gasteiger partial charge in [0.05, 0.1) is 18.7 Å². The molecular formula is C14H24N4O. The van der Waals surface area contributed by atoms with Gasteiger partial charge in [-0.2, -0.15) is 4.98 Å². The lowest BCUT2D eigenvalue weighted by Gasteiger charge is -2.27. The Bertz CT molecular complexity index is 436. The van der Waals surface area contributed by atoms with Gasteiger partial charge in [0.1, 0.15) is 5.82 Å². The lowest BCUT2D eigenvalue weighted by molar-refractivity contribution is 0.251. The van der Waals surface area contributed by atoms with E-state index in [1.165, 1.54) is 6.42 Å². The van der Waals surface area contributed by atoms with Gasteiger partial charge in [-0.3, -0.25) is 4.90 Å². The van der Waals surface area contributed by atoms with Crippen molar-refractivity contribution in [1.82, 2.24) is 20.2 Å². The van der Waals surface area contributed by atoms with Crippen LogP contribution in [-0.2, 0) is 6.42 Å². The number of hydrogen-bond donors (Lipinski definition) is 1. The molecule has 0 aromatic carbocycles. The van der Waals surface area contributed by atoms with Crippen LogP contribution in [0.4, 0.5) is 0 Å². The molecule has 0 bridgehead atoms. The smallest absolute Gasteiger partial charge is 0.221 e. The first-order valence-electron chi connectivity index (χ1n) is 6.99.